The molecular formula is C20H19Cl4NO3. The van der Waals surface area contributed by atoms with Gasteiger partial charge in [-0.2, -0.15) is 0 Å². The molecule has 1 heterocycles. The Balaban J connectivity index is 1.45. The Morgan fingerprint density at radius 3 is 1.61 bits per heavy atom. The Morgan fingerprint density at radius 2 is 1.21 bits per heavy atom. The van der Waals surface area contributed by atoms with Crippen molar-refractivity contribution in [3.63, 3.8) is 0 Å². The van der Waals surface area contributed by atoms with E-state index in [0.29, 0.717) is 17.8 Å². The molecule has 0 aromatic heterocycles. The lowest BCUT2D eigenvalue weighted by atomic mass is 9.48. The molecule has 6 rings (SSSR count). The molecule has 4 nitrogen and oxygen atoms in total. The SMILES string of the molecule is O=C1c2c(Cl)c(Cl)c(Cl)c(Cl)c2C(=O)N1C[C@@H](O)C12CC3CC(CC(C3)C1)C2. The van der Waals surface area contributed by atoms with Crippen molar-refractivity contribution in [2.45, 2.75) is 44.6 Å². The molecule has 4 fully saturated rings. The van der Waals surface area contributed by atoms with Gasteiger partial charge in [0.1, 0.15) is 0 Å². The van der Waals surface area contributed by atoms with Gasteiger partial charge in [0.25, 0.3) is 11.8 Å². The zero-order chi connectivity index (χ0) is 20.0. The van der Waals surface area contributed by atoms with Crippen molar-refractivity contribution < 1.29 is 14.7 Å². The van der Waals surface area contributed by atoms with Crippen molar-refractivity contribution in [1.29, 1.82) is 0 Å². The summed E-state index contributed by atoms with van der Waals surface area (Å²) in [6.07, 6.45) is 5.92. The number of β-amino-alcohol motifs (C(OH)–C–C–N with tert-alkyl or cyclic N) is 1. The van der Waals surface area contributed by atoms with Gasteiger partial charge in [-0.3, -0.25) is 14.5 Å². The summed E-state index contributed by atoms with van der Waals surface area (Å²) >= 11 is 24.5. The Labute approximate surface area is 183 Å². The fourth-order valence-corrected chi connectivity index (χ4v) is 7.53. The first-order valence-electron chi connectivity index (χ1n) is 9.62. The summed E-state index contributed by atoms with van der Waals surface area (Å²) in [6, 6.07) is 0. The number of fused-ring (bicyclic) bond motifs is 1. The molecule has 0 saturated heterocycles. The average molecular weight is 463 g/mol. The van der Waals surface area contributed by atoms with Gasteiger partial charge in [-0.15, -0.1) is 0 Å². The number of hydrogen-bond acceptors (Lipinski definition) is 3. The van der Waals surface area contributed by atoms with Crippen molar-refractivity contribution in [2.75, 3.05) is 6.54 Å². The molecule has 1 aromatic rings. The molecule has 4 bridgehead atoms. The minimum atomic E-state index is -0.758. The Bertz CT molecular complexity index is 833. The fraction of sp³-hybridized carbons (Fsp3) is 0.600. The van der Waals surface area contributed by atoms with Gasteiger partial charge >= 0.3 is 0 Å². The maximum atomic E-state index is 13.0. The number of imide groups is 1. The van der Waals surface area contributed by atoms with E-state index in [2.05, 4.69) is 0 Å². The van der Waals surface area contributed by atoms with Crippen LogP contribution >= 0.6 is 46.4 Å². The van der Waals surface area contributed by atoms with Gasteiger partial charge in [0, 0.05) is 0 Å². The largest absolute Gasteiger partial charge is 0.391 e. The molecule has 2 amide bonds. The van der Waals surface area contributed by atoms with Gasteiger partial charge in [0.05, 0.1) is 43.9 Å². The van der Waals surface area contributed by atoms with Crippen LogP contribution in [0.5, 0.6) is 0 Å². The first-order chi connectivity index (χ1) is 13.2. The molecule has 8 heteroatoms. The number of benzene rings is 1. The van der Waals surface area contributed by atoms with Crippen molar-refractivity contribution in [3.05, 3.63) is 31.2 Å². The zero-order valence-corrected chi connectivity index (χ0v) is 18.0. The van der Waals surface area contributed by atoms with E-state index in [1.165, 1.54) is 19.3 Å². The van der Waals surface area contributed by atoms with Crippen molar-refractivity contribution in [1.82, 2.24) is 4.90 Å². The lowest BCUT2D eigenvalue weighted by molar-refractivity contribution is -0.122. The summed E-state index contributed by atoms with van der Waals surface area (Å²) in [6.45, 7) is -0.0552. The van der Waals surface area contributed by atoms with Crippen molar-refractivity contribution in [2.24, 2.45) is 23.2 Å². The normalized spacial score (nSPS) is 34.3. The van der Waals surface area contributed by atoms with Crippen LogP contribution < -0.4 is 0 Å². The van der Waals surface area contributed by atoms with Crippen LogP contribution in [0.3, 0.4) is 0 Å². The third kappa shape index (κ3) is 2.61. The monoisotopic (exact) mass is 461 g/mol. The molecule has 0 radical (unpaired) electrons. The molecule has 0 unspecified atom stereocenters. The highest BCUT2D eigenvalue weighted by Crippen LogP contribution is 2.61. The summed E-state index contributed by atoms with van der Waals surface area (Å²) < 4.78 is 0. The number of halogens is 4. The summed E-state index contributed by atoms with van der Waals surface area (Å²) in [4.78, 5) is 27.0. The molecule has 5 aliphatic rings. The topological polar surface area (TPSA) is 57.6 Å². The van der Waals surface area contributed by atoms with E-state index < -0.39 is 17.9 Å². The second-order valence-corrected chi connectivity index (χ2v) is 10.5. The van der Waals surface area contributed by atoms with E-state index in [1.54, 1.807) is 0 Å². The predicted octanol–water partition coefficient (Wildman–Crippen LogP) is 5.47. The van der Waals surface area contributed by atoms with Crippen LogP contribution in [-0.2, 0) is 0 Å². The number of aliphatic hydroxyl groups is 1. The summed E-state index contributed by atoms with van der Waals surface area (Å²) in [5, 5.41) is 10.9. The standard InChI is InChI=1S/C20H19Cl4NO3/c21-14-12-13(15(22)17(24)16(14)23)19(28)25(18(12)27)7-11(26)20-4-8-1-9(5-20)3-10(2-8)6-20/h8-11,26H,1-7H2/t8?,9?,10?,11-,20?/m1/s1. The minimum Gasteiger partial charge on any atom is -0.391 e. The maximum absolute atomic E-state index is 13.0. The molecule has 1 atom stereocenters. The highest BCUT2D eigenvalue weighted by Gasteiger charge is 2.55. The van der Waals surface area contributed by atoms with E-state index >= 15 is 0 Å². The van der Waals surface area contributed by atoms with E-state index in [9.17, 15) is 14.7 Å². The average Bonchev–Trinajstić information content (AvgIpc) is 2.88. The second-order valence-electron chi connectivity index (χ2n) is 9.02. The van der Waals surface area contributed by atoms with Crippen LogP contribution in [0.4, 0.5) is 0 Å². The maximum Gasteiger partial charge on any atom is 0.263 e. The van der Waals surface area contributed by atoms with Gasteiger partial charge in [0.2, 0.25) is 0 Å². The third-order valence-electron chi connectivity index (χ3n) is 7.33. The fourth-order valence-electron chi connectivity index (χ4n) is 6.51. The zero-order valence-electron chi connectivity index (χ0n) is 15.0. The van der Waals surface area contributed by atoms with Crippen molar-refractivity contribution >= 4 is 58.2 Å². The number of rotatable bonds is 3. The van der Waals surface area contributed by atoms with E-state index in [-0.39, 0.29) is 43.2 Å². The Hall–Kier alpha value is -0.520. The van der Waals surface area contributed by atoms with Crippen LogP contribution in [0.25, 0.3) is 0 Å². The molecule has 28 heavy (non-hydrogen) atoms. The van der Waals surface area contributed by atoms with Crippen LogP contribution in [-0.4, -0.2) is 34.5 Å². The predicted molar refractivity (Wildman–Crippen MR) is 108 cm³/mol. The van der Waals surface area contributed by atoms with Crippen LogP contribution in [0.1, 0.15) is 59.2 Å². The lowest BCUT2D eigenvalue weighted by Gasteiger charge is -2.58. The first-order valence-corrected chi connectivity index (χ1v) is 11.1. The quantitative estimate of drug-likeness (QED) is 0.368. The van der Waals surface area contributed by atoms with Gasteiger partial charge in [-0.1, -0.05) is 46.4 Å². The molecule has 4 saturated carbocycles. The number of carbonyl (C=O) groups excluding carboxylic acids is 2. The molecule has 0 spiro atoms. The molecule has 1 N–H and O–H groups in total. The van der Waals surface area contributed by atoms with Crippen molar-refractivity contribution in [3.8, 4) is 0 Å². The number of carbonyl (C=O) groups is 2. The smallest absolute Gasteiger partial charge is 0.263 e. The van der Waals surface area contributed by atoms with Gasteiger partial charge in [-0.25, -0.2) is 0 Å². The van der Waals surface area contributed by atoms with Crippen LogP contribution in [0, 0.1) is 23.2 Å². The first kappa shape index (κ1) is 19.4. The summed E-state index contributed by atoms with van der Waals surface area (Å²) in [5.41, 5.74) is -0.250. The summed E-state index contributed by atoms with van der Waals surface area (Å²) in [7, 11) is 0. The van der Waals surface area contributed by atoms with Crippen LogP contribution in [0.15, 0.2) is 0 Å². The Morgan fingerprint density at radius 1 is 0.821 bits per heavy atom. The number of amides is 2. The second kappa shape index (κ2) is 6.49. The highest BCUT2D eigenvalue weighted by molar-refractivity contribution is 6.55. The van der Waals surface area contributed by atoms with E-state index in [0.717, 1.165) is 24.2 Å². The number of hydrogen-bond donors (Lipinski definition) is 1. The summed E-state index contributed by atoms with van der Waals surface area (Å²) in [5.74, 6) is 0.822. The molecular weight excluding hydrogens is 444 g/mol. The lowest BCUT2D eigenvalue weighted by Crippen LogP contribution is -2.55. The van der Waals surface area contributed by atoms with E-state index in [4.69, 9.17) is 46.4 Å². The van der Waals surface area contributed by atoms with Gasteiger partial charge < -0.3 is 5.11 Å². The van der Waals surface area contributed by atoms with Crippen LogP contribution in [0.2, 0.25) is 20.1 Å². The third-order valence-corrected chi connectivity index (χ3v) is 9.14. The van der Waals surface area contributed by atoms with E-state index in [1.807, 2.05) is 0 Å². The molecule has 150 valence electrons. The van der Waals surface area contributed by atoms with Gasteiger partial charge in [-0.05, 0) is 61.7 Å². The number of aliphatic hydroxyl groups excluding tert-OH is 1. The number of nitrogens with zero attached hydrogens (tertiary/aromatic N) is 1. The molecule has 4 aliphatic carbocycles. The molecule has 1 aliphatic heterocycles. The highest BCUT2D eigenvalue weighted by atomic mass is 35.5. The molecule has 1 aromatic carbocycles. The minimum absolute atomic E-state index is 0.0243. The Kier molecular flexibility index (Phi) is 4.50. The van der Waals surface area contributed by atoms with Gasteiger partial charge in [0.15, 0.2) is 0 Å².